The zero-order valence-corrected chi connectivity index (χ0v) is 15.5. The Morgan fingerprint density at radius 1 is 1.29 bits per heavy atom. The first kappa shape index (κ1) is 18.6. The number of ether oxygens (including phenoxy) is 2. The van der Waals surface area contributed by atoms with E-state index in [4.69, 9.17) is 9.47 Å². The number of benzene rings is 1. The average Bonchev–Trinajstić information content (AvgIpc) is 3.20. The number of fused-ring (bicyclic) bond motifs is 1. The van der Waals surface area contributed by atoms with Gasteiger partial charge in [-0.05, 0) is 65.0 Å². The minimum atomic E-state index is -0.493. The highest BCUT2D eigenvalue weighted by molar-refractivity contribution is 5.68. The molecule has 5 heteroatoms. The second kappa shape index (κ2) is 6.28. The van der Waals surface area contributed by atoms with Gasteiger partial charge >= 0.3 is 6.09 Å². The third kappa shape index (κ3) is 4.41. The van der Waals surface area contributed by atoms with Crippen LogP contribution >= 0.6 is 0 Å². The minimum absolute atomic E-state index is 0. The fourth-order valence-electron chi connectivity index (χ4n) is 2.97. The highest BCUT2D eigenvalue weighted by atomic mass is 16.6. The third-order valence-corrected chi connectivity index (χ3v) is 4.11. The molecule has 0 radical (unpaired) electrons. The predicted octanol–water partition coefficient (Wildman–Crippen LogP) is 4.63. The molecule has 1 saturated carbocycles. The molecule has 5 nitrogen and oxygen atoms in total. The zero-order valence-electron chi connectivity index (χ0n) is 15.5. The first-order valence-electron chi connectivity index (χ1n) is 8.43. The second-order valence-electron chi connectivity index (χ2n) is 8.34. The van der Waals surface area contributed by atoms with Gasteiger partial charge in [0.25, 0.3) is 0 Å². The van der Waals surface area contributed by atoms with E-state index in [-0.39, 0.29) is 12.2 Å². The summed E-state index contributed by atoms with van der Waals surface area (Å²) in [5.41, 5.74) is 1.47. The highest BCUT2D eigenvalue weighted by Crippen LogP contribution is 2.42. The number of carbonyl (C=O) groups is 1. The van der Waals surface area contributed by atoms with Gasteiger partial charge in [-0.1, -0.05) is 12.1 Å². The molecule has 3 N–H and O–H groups in total. The van der Waals surface area contributed by atoms with Gasteiger partial charge in [0.1, 0.15) is 17.0 Å². The van der Waals surface area contributed by atoms with Crippen molar-refractivity contribution in [2.45, 2.75) is 71.1 Å². The molecule has 1 aliphatic heterocycles. The lowest BCUT2D eigenvalue weighted by Crippen LogP contribution is -2.45. The second-order valence-corrected chi connectivity index (χ2v) is 8.34. The Labute approximate surface area is 144 Å². The van der Waals surface area contributed by atoms with E-state index < -0.39 is 11.2 Å². The van der Waals surface area contributed by atoms with Crippen LogP contribution in [0.5, 0.6) is 5.75 Å². The standard InChI is InChI=1S/C19H27NO3.H3N/c1-18(2,3)23-17(21)20-11-15-9-8-14(13-6-7-13)10-16(15)22-19(4,5)12-20;/h8-10,13H,6-7,11-12H2,1-5H3;1H3. The summed E-state index contributed by atoms with van der Waals surface area (Å²) in [6.07, 6.45) is 2.26. The molecule has 1 aromatic carbocycles. The topological polar surface area (TPSA) is 73.8 Å². The molecule has 24 heavy (non-hydrogen) atoms. The molecule has 1 fully saturated rings. The van der Waals surface area contributed by atoms with Gasteiger partial charge < -0.3 is 15.6 Å². The lowest BCUT2D eigenvalue weighted by molar-refractivity contribution is 0.00752. The van der Waals surface area contributed by atoms with Crippen LogP contribution in [0.2, 0.25) is 0 Å². The summed E-state index contributed by atoms with van der Waals surface area (Å²) < 4.78 is 11.8. The van der Waals surface area contributed by atoms with E-state index in [0.717, 1.165) is 11.3 Å². The Kier molecular flexibility index (Phi) is 4.86. The van der Waals surface area contributed by atoms with Gasteiger partial charge in [-0.3, -0.25) is 4.90 Å². The zero-order chi connectivity index (χ0) is 16.8. The van der Waals surface area contributed by atoms with Crippen molar-refractivity contribution >= 4 is 6.09 Å². The van der Waals surface area contributed by atoms with Crippen molar-refractivity contribution < 1.29 is 14.3 Å². The molecule has 2 aliphatic rings. The van der Waals surface area contributed by atoms with Crippen LogP contribution in [-0.2, 0) is 11.3 Å². The van der Waals surface area contributed by atoms with Gasteiger partial charge in [0.2, 0.25) is 0 Å². The summed E-state index contributed by atoms with van der Waals surface area (Å²) in [5.74, 6) is 1.60. The van der Waals surface area contributed by atoms with Crippen molar-refractivity contribution in [2.75, 3.05) is 6.54 Å². The van der Waals surface area contributed by atoms with E-state index >= 15 is 0 Å². The number of rotatable bonds is 1. The lowest BCUT2D eigenvalue weighted by Gasteiger charge is -2.31. The van der Waals surface area contributed by atoms with Gasteiger partial charge in [0, 0.05) is 5.56 Å². The number of nitrogens with zero attached hydrogens (tertiary/aromatic N) is 1. The Balaban J connectivity index is 0.00000208. The maximum absolute atomic E-state index is 12.5. The molecule has 1 heterocycles. The van der Waals surface area contributed by atoms with E-state index in [1.165, 1.54) is 18.4 Å². The van der Waals surface area contributed by atoms with E-state index in [1.54, 1.807) is 4.90 Å². The molecule has 0 bridgehead atoms. The number of hydrogen-bond donors (Lipinski definition) is 1. The number of amides is 1. The maximum Gasteiger partial charge on any atom is 0.410 e. The van der Waals surface area contributed by atoms with Crippen LogP contribution in [0, 0.1) is 0 Å². The number of hydrogen-bond acceptors (Lipinski definition) is 4. The fraction of sp³-hybridized carbons (Fsp3) is 0.632. The summed E-state index contributed by atoms with van der Waals surface area (Å²) >= 11 is 0. The average molecular weight is 334 g/mol. The van der Waals surface area contributed by atoms with Crippen molar-refractivity contribution in [3.63, 3.8) is 0 Å². The summed E-state index contributed by atoms with van der Waals surface area (Å²) in [4.78, 5) is 14.2. The van der Waals surface area contributed by atoms with Crippen LogP contribution < -0.4 is 10.9 Å². The van der Waals surface area contributed by atoms with Gasteiger partial charge in [-0.15, -0.1) is 0 Å². The van der Waals surface area contributed by atoms with Crippen LogP contribution in [0.3, 0.4) is 0 Å². The molecule has 0 saturated heterocycles. The van der Waals surface area contributed by atoms with Gasteiger partial charge in [0.15, 0.2) is 0 Å². The van der Waals surface area contributed by atoms with E-state index in [1.807, 2.05) is 34.6 Å². The molecule has 1 aromatic rings. The Hall–Kier alpha value is -1.75. The molecule has 1 aliphatic carbocycles. The minimum Gasteiger partial charge on any atom is -0.486 e. The van der Waals surface area contributed by atoms with Crippen molar-refractivity contribution in [3.8, 4) is 5.75 Å². The molecule has 0 atom stereocenters. The van der Waals surface area contributed by atoms with Crippen molar-refractivity contribution in [3.05, 3.63) is 29.3 Å². The molecule has 1 amide bonds. The summed E-state index contributed by atoms with van der Waals surface area (Å²) in [5, 5.41) is 0. The third-order valence-electron chi connectivity index (χ3n) is 4.11. The van der Waals surface area contributed by atoms with Gasteiger partial charge in [-0.2, -0.15) is 0 Å². The van der Waals surface area contributed by atoms with Crippen LogP contribution in [0.15, 0.2) is 18.2 Å². The SMILES string of the molecule is CC(C)(C)OC(=O)N1Cc2ccc(C3CC3)cc2OC(C)(C)C1.N. The summed E-state index contributed by atoms with van der Waals surface area (Å²) in [6, 6.07) is 6.43. The molecule has 0 aromatic heterocycles. The van der Waals surface area contributed by atoms with Crippen LogP contribution in [0.1, 0.15) is 64.5 Å². The smallest absolute Gasteiger partial charge is 0.410 e. The molecule has 3 rings (SSSR count). The molecule has 0 unspecified atom stereocenters. The summed E-state index contributed by atoms with van der Waals surface area (Å²) in [6.45, 7) is 10.7. The van der Waals surface area contributed by atoms with E-state index in [9.17, 15) is 4.79 Å². The van der Waals surface area contributed by atoms with E-state index in [0.29, 0.717) is 19.0 Å². The Morgan fingerprint density at radius 2 is 1.96 bits per heavy atom. The van der Waals surface area contributed by atoms with Crippen LogP contribution in [0.25, 0.3) is 0 Å². The predicted molar refractivity (Wildman–Crippen MR) is 94.8 cm³/mol. The molecular weight excluding hydrogens is 304 g/mol. The van der Waals surface area contributed by atoms with Crippen molar-refractivity contribution in [2.24, 2.45) is 0 Å². The monoisotopic (exact) mass is 334 g/mol. The van der Waals surface area contributed by atoms with Crippen LogP contribution in [0.4, 0.5) is 4.79 Å². The Morgan fingerprint density at radius 3 is 2.54 bits per heavy atom. The van der Waals surface area contributed by atoms with E-state index in [2.05, 4.69) is 18.2 Å². The molecule has 0 spiro atoms. The normalized spacial score (nSPS) is 19.5. The summed E-state index contributed by atoms with van der Waals surface area (Å²) in [7, 11) is 0. The first-order chi connectivity index (χ1) is 10.6. The largest absolute Gasteiger partial charge is 0.486 e. The number of carbonyl (C=O) groups excluding carboxylic acids is 1. The van der Waals surface area contributed by atoms with Crippen molar-refractivity contribution in [1.29, 1.82) is 0 Å². The highest BCUT2D eigenvalue weighted by Gasteiger charge is 2.34. The quantitative estimate of drug-likeness (QED) is 0.812. The molecule has 134 valence electrons. The maximum atomic E-state index is 12.5. The van der Waals surface area contributed by atoms with Crippen molar-refractivity contribution in [1.82, 2.24) is 11.1 Å². The lowest BCUT2D eigenvalue weighted by atomic mass is 10.1. The first-order valence-corrected chi connectivity index (χ1v) is 8.43. The van der Waals surface area contributed by atoms with Gasteiger partial charge in [-0.25, -0.2) is 4.79 Å². The van der Waals surface area contributed by atoms with Gasteiger partial charge in [0.05, 0.1) is 13.1 Å². The molecular formula is C19H30N2O3. The Bertz CT molecular complexity index is 616. The van der Waals surface area contributed by atoms with Crippen LogP contribution in [-0.4, -0.2) is 28.7 Å². The fourth-order valence-corrected chi connectivity index (χ4v) is 2.97.